The van der Waals surface area contributed by atoms with Gasteiger partial charge in [0, 0.05) is 38.3 Å². The summed E-state index contributed by atoms with van der Waals surface area (Å²) in [6, 6.07) is 22.2. The number of amides is 2. The molecule has 2 saturated heterocycles. The smallest absolute Gasteiger partial charge is 0.240 e. The summed E-state index contributed by atoms with van der Waals surface area (Å²) in [6.45, 7) is 5.72. The Bertz CT molecular complexity index is 1630. The molecule has 10 heteroatoms. The molecule has 43 heavy (non-hydrogen) atoms. The van der Waals surface area contributed by atoms with Crippen molar-refractivity contribution in [1.29, 1.82) is 0 Å². The van der Waals surface area contributed by atoms with Gasteiger partial charge in [0.1, 0.15) is 5.92 Å². The van der Waals surface area contributed by atoms with Crippen LogP contribution in [0.2, 0.25) is 0 Å². The van der Waals surface area contributed by atoms with Crippen LogP contribution in [-0.4, -0.2) is 68.0 Å². The lowest BCUT2D eigenvalue weighted by molar-refractivity contribution is -0.129. The van der Waals surface area contributed by atoms with Crippen molar-refractivity contribution in [3.8, 4) is 0 Å². The second-order valence-corrected chi connectivity index (χ2v) is 13.3. The third kappa shape index (κ3) is 6.56. The number of nitrogens with one attached hydrogen (secondary N) is 2. The predicted molar refractivity (Wildman–Crippen MR) is 167 cm³/mol. The Balaban J connectivity index is 1.29. The van der Waals surface area contributed by atoms with Crippen LogP contribution in [0, 0.1) is 0 Å². The highest BCUT2D eigenvalue weighted by Gasteiger charge is 2.37. The molecule has 0 spiro atoms. The van der Waals surface area contributed by atoms with E-state index in [2.05, 4.69) is 27.1 Å². The first kappa shape index (κ1) is 29.2. The van der Waals surface area contributed by atoms with Crippen LogP contribution in [0.25, 0.3) is 0 Å². The van der Waals surface area contributed by atoms with Crippen molar-refractivity contribution in [2.24, 2.45) is 4.99 Å². The third-order valence-electron chi connectivity index (χ3n) is 8.56. The molecule has 3 aromatic carbocycles. The van der Waals surface area contributed by atoms with E-state index in [4.69, 9.17) is 4.99 Å². The molecule has 0 aromatic heterocycles. The maximum atomic E-state index is 13.5. The molecule has 3 aromatic rings. The standard InChI is InChI=1S/C33H37N5O4S/c1-23(39)38-19-15-27(16-20-38)36-43(41,42)28-13-14-30-29(21-28)31(33(40)35-30)32(25-7-3-2-4-8-25)34-26-11-9-24(10-12-26)22-37-17-5-6-18-37/h2-4,7-14,21,27,31,36H,5-6,15-20,22H2,1H3,(H,35,40). The molecule has 2 N–H and O–H groups in total. The van der Waals surface area contributed by atoms with Crippen LogP contribution in [0.1, 0.15) is 55.2 Å². The number of carbonyl (C=O) groups excluding carboxylic acids is 2. The second-order valence-electron chi connectivity index (χ2n) is 11.6. The second kappa shape index (κ2) is 12.4. The Kier molecular flexibility index (Phi) is 8.43. The zero-order valence-electron chi connectivity index (χ0n) is 24.3. The van der Waals surface area contributed by atoms with Crippen LogP contribution < -0.4 is 10.0 Å². The first-order valence-corrected chi connectivity index (χ1v) is 16.4. The molecular formula is C33H37N5O4S. The lowest BCUT2D eigenvalue weighted by Crippen LogP contribution is -2.45. The number of anilines is 1. The zero-order valence-corrected chi connectivity index (χ0v) is 25.1. The number of fused-ring (bicyclic) bond motifs is 1. The van der Waals surface area contributed by atoms with Gasteiger partial charge in [-0.3, -0.25) is 19.5 Å². The Labute approximate surface area is 253 Å². The van der Waals surface area contributed by atoms with Gasteiger partial charge in [0.05, 0.1) is 16.3 Å². The van der Waals surface area contributed by atoms with E-state index >= 15 is 0 Å². The molecular weight excluding hydrogens is 562 g/mol. The van der Waals surface area contributed by atoms with Gasteiger partial charge in [0.25, 0.3) is 0 Å². The number of hydrogen-bond donors (Lipinski definition) is 2. The number of carbonyl (C=O) groups is 2. The van der Waals surface area contributed by atoms with Crippen LogP contribution in [0.15, 0.2) is 82.7 Å². The summed E-state index contributed by atoms with van der Waals surface area (Å²) < 4.78 is 29.7. The van der Waals surface area contributed by atoms with Gasteiger partial charge in [0.2, 0.25) is 21.8 Å². The van der Waals surface area contributed by atoms with Crippen LogP contribution in [-0.2, 0) is 26.2 Å². The third-order valence-corrected chi connectivity index (χ3v) is 10.1. The number of benzene rings is 3. The van der Waals surface area contributed by atoms with Crippen molar-refractivity contribution >= 4 is 38.9 Å². The summed E-state index contributed by atoms with van der Waals surface area (Å²) in [4.78, 5) is 34.4. The van der Waals surface area contributed by atoms with E-state index in [1.54, 1.807) is 17.0 Å². The van der Waals surface area contributed by atoms with E-state index in [1.165, 1.54) is 31.4 Å². The fraction of sp³-hybridized carbons (Fsp3) is 0.364. The summed E-state index contributed by atoms with van der Waals surface area (Å²) >= 11 is 0. The monoisotopic (exact) mass is 599 g/mol. The molecule has 9 nitrogen and oxygen atoms in total. The van der Waals surface area contributed by atoms with Gasteiger partial charge in [-0.05, 0) is 85.8 Å². The number of likely N-dealkylation sites (tertiary alicyclic amines) is 2. The molecule has 0 aliphatic carbocycles. The molecule has 0 bridgehead atoms. The van der Waals surface area contributed by atoms with Gasteiger partial charge >= 0.3 is 0 Å². The number of aliphatic imine (C=N–C) groups is 1. The predicted octanol–water partition coefficient (Wildman–Crippen LogP) is 4.43. The summed E-state index contributed by atoms with van der Waals surface area (Å²) in [7, 11) is -3.86. The summed E-state index contributed by atoms with van der Waals surface area (Å²) in [5.74, 6) is -1.03. The van der Waals surface area contributed by atoms with Gasteiger partial charge in [-0.2, -0.15) is 0 Å². The van der Waals surface area contributed by atoms with Gasteiger partial charge < -0.3 is 10.2 Å². The van der Waals surface area contributed by atoms with E-state index in [-0.39, 0.29) is 22.8 Å². The van der Waals surface area contributed by atoms with E-state index in [9.17, 15) is 18.0 Å². The van der Waals surface area contributed by atoms with Crippen LogP contribution in [0.4, 0.5) is 11.4 Å². The van der Waals surface area contributed by atoms with E-state index in [0.29, 0.717) is 42.9 Å². The van der Waals surface area contributed by atoms with E-state index < -0.39 is 15.9 Å². The van der Waals surface area contributed by atoms with E-state index in [1.807, 2.05) is 42.5 Å². The van der Waals surface area contributed by atoms with Crippen molar-refractivity contribution in [1.82, 2.24) is 14.5 Å². The number of sulfonamides is 1. The molecule has 3 aliphatic heterocycles. The topological polar surface area (TPSA) is 111 Å². The SMILES string of the molecule is CC(=O)N1CCC(NS(=O)(=O)c2ccc3c(c2)C(C(=Nc2ccc(CN4CCCC4)cc2)c2ccccc2)C(=O)N3)CC1. The van der Waals surface area contributed by atoms with Crippen molar-refractivity contribution in [3.05, 3.63) is 89.5 Å². The molecule has 0 radical (unpaired) electrons. The van der Waals surface area contributed by atoms with E-state index in [0.717, 1.165) is 30.9 Å². The normalized spacial score (nSPS) is 19.8. The van der Waals surface area contributed by atoms with Crippen molar-refractivity contribution in [2.45, 2.75) is 56.0 Å². The van der Waals surface area contributed by atoms with Crippen LogP contribution in [0.3, 0.4) is 0 Å². The molecule has 1 atom stereocenters. The zero-order chi connectivity index (χ0) is 30.0. The highest BCUT2D eigenvalue weighted by atomic mass is 32.2. The molecule has 1 unspecified atom stereocenters. The van der Waals surface area contributed by atoms with Gasteiger partial charge in [-0.25, -0.2) is 13.1 Å². The first-order valence-electron chi connectivity index (χ1n) is 14.9. The number of nitrogens with zero attached hydrogens (tertiary/aromatic N) is 3. The minimum absolute atomic E-state index is 0.00274. The molecule has 224 valence electrons. The Morgan fingerprint density at radius 1 is 0.953 bits per heavy atom. The number of rotatable bonds is 8. The van der Waals surface area contributed by atoms with Crippen molar-refractivity contribution < 1.29 is 18.0 Å². The van der Waals surface area contributed by atoms with Crippen LogP contribution in [0.5, 0.6) is 0 Å². The molecule has 2 fully saturated rings. The maximum Gasteiger partial charge on any atom is 0.240 e. The Hall–Kier alpha value is -3.86. The molecule has 3 heterocycles. The summed E-state index contributed by atoms with van der Waals surface area (Å²) in [5, 5.41) is 2.93. The van der Waals surface area contributed by atoms with Gasteiger partial charge in [-0.15, -0.1) is 0 Å². The summed E-state index contributed by atoms with van der Waals surface area (Å²) in [6.07, 6.45) is 3.59. The van der Waals surface area contributed by atoms with Crippen LogP contribution >= 0.6 is 0 Å². The highest BCUT2D eigenvalue weighted by Crippen LogP contribution is 2.38. The molecule has 6 rings (SSSR count). The minimum Gasteiger partial charge on any atom is -0.343 e. The quantitative estimate of drug-likeness (QED) is 0.372. The lowest BCUT2D eigenvalue weighted by Gasteiger charge is -2.31. The number of piperidine rings is 1. The summed E-state index contributed by atoms with van der Waals surface area (Å²) in [5.41, 5.74) is 4.46. The molecule has 3 aliphatic rings. The van der Waals surface area contributed by atoms with Gasteiger partial charge in [0.15, 0.2) is 0 Å². The first-order chi connectivity index (χ1) is 20.8. The Morgan fingerprint density at radius 3 is 2.33 bits per heavy atom. The van der Waals surface area contributed by atoms with Crippen molar-refractivity contribution in [2.75, 3.05) is 31.5 Å². The molecule has 0 saturated carbocycles. The highest BCUT2D eigenvalue weighted by molar-refractivity contribution is 7.89. The fourth-order valence-electron chi connectivity index (χ4n) is 6.20. The average Bonchev–Trinajstić information content (AvgIpc) is 3.64. The maximum absolute atomic E-state index is 13.5. The minimum atomic E-state index is -3.86. The fourth-order valence-corrected chi connectivity index (χ4v) is 7.54. The Morgan fingerprint density at radius 2 is 1.65 bits per heavy atom. The van der Waals surface area contributed by atoms with Gasteiger partial charge in [-0.1, -0.05) is 42.5 Å². The largest absolute Gasteiger partial charge is 0.343 e. The van der Waals surface area contributed by atoms with Crippen molar-refractivity contribution in [3.63, 3.8) is 0 Å². The lowest BCUT2D eigenvalue weighted by atomic mass is 9.90. The average molecular weight is 600 g/mol. The molecule has 2 amide bonds. The number of hydrogen-bond acceptors (Lipinski definition) is 6.